The van der Waals surface area contributed by atoms with Gasteiger partial charge in [-0.1, -0.05) is 12.7 Å². The molecular weight excluding hydrogens is 533 g/mol. The molecule has 0 aliphatic heterocycles. The molecule has 0 unspecified atom stereocenters. The molecule has 0 aliphatic rings. The minimum Gasteiger partial charge on any atom is -0.490 e. The quantitative estimate of drug-likeness (QED) is 0.130. The number of nitro benzene ring substituents is 1. The number of ether oxygens (including phenoxy) is 2. The van der Waals surface area contributed by atoms with Crippen LogP contribution in [-0.4, -0.2) is 30.3 Å². The van der Waals surface area contributed by atoms with E-state index in [1.54, 1.807) is 24.3 Å². The van der Waals surface area contributed by atoms with Crippen molar-refractivity contribution in [2.45, 2.75) is 6.92 Å². The molecule has 0 atom stereocenters. The number of thiophene rings is 1. The molecule has 1 N–H and O–H groups in total. The first-order valence-electron chi connectivity index (χ1n) is 9.14. The van der Waals surface area contributed by atoms with Crippen LogP contribution in [0.25, 0.3) is 10.1 Å². The molecule has 0 saturated heterocycles. The number of carbonyl (C=O) groups excluding carboxylic acids is 1. The average Bonchev–Trinajstić information content (AvgIpc) is 3.17. The smallest absolute Gasteiger partial charge is 0.281 e. The van der Waals surface area contributed by atoms with Gasteiger partial charge < -0.3 is 9.47 Å². The van der Waals surface area contributed by atoms with Gasteiger partial charge >= 0.3 is 0 Å². The number of amides is 1. The highest BCUT2D eigenvalue weighted by Crippen LogP contribution is 2.34. The second-order valence-electron chi connectivity index (χ2n) is 6.15. The number of hydrogen-bond donors (Lipinski definition) is 1. The molecule has 1 heterocycles. The lowest BCUT2D eigenvalue weighted by atomic mass is 10.2. The van der Waals surface area contributed by atoms with Crippen molar-refractivity contribution in [1.82, 2.24) is 5.43 Å². The maximum Gasteiger partial charge on any atom is 0.281 e. The zero-order valence-electron chi connectivity index (χ0n) is 16.5. The Labute approximate surface area is 195 Å². The van der Waals surface area contributed by atoms with Crippen molar-refractivity contribution < 1.29 is 19.2 Å². The van der Waals surface area contributed by atoms with Gasteiger partial charge in [0.15, 0.2) is 11.5 Å². The van der Waals surface area contributed by atoms with Crippen LogP contribution in [0.5, 0.6) is 11.5 Å². The Kier molecular flexibility index (Phi) is 7.58. The minimum atomic E-state index is -0.466. The Bertz CT molecular complexity index is 1180. The number of nitrogens with zero attached hydrogens (tertiary/aromatic N) is 2. The van der Waals surface area contributed by atoms with Gasteiger partial charge in [-0.25, -0.2) is 5.43 Å². The van der Waals surface area contributed by atoms with E-state index >= 15 is 0 Å². The standard InChI is InChI=1S/C21H18IN3O5S/c1-3-7-30-20-16(22)8-13(9-17(20)29-4-2)12-23-24-21(26)19-11-14-10-15(25(27)28)5-6-18(14)31-19/h3,5-6,8-12H,1,4,7H2,2H3,(H,24,26)/b23-12-. The zero-order valence-corrected chi connectivity index (χ0v) is 19.4. The highest BCUT2D eigenvalue weighted by molar-refractivity contribution is 14.1. The molecule has 8 nitrogen and oxygen atoms in total. The Morgan fingerprint density at radius 2 is 2.13 bits per heavy atom. The topological polar surface area (TPSA) is 103 Å². The number of halogens is 1. The van der Waals surface area contributed by atoms with E-state index in [9.17, 15) is 14.9 Å². The first-order valence-corrected chi connectivity index (χ1v) is 11.0. The van der Waals surface area contributed by atoms with Crippen LogP contribution in [0.2, 0.25) is 0 Å². The highest BCUT2D eigenvalue weighted by Gasteiger charge is 2.14. The lowest BCUT2D eigenvalue weighted by molar-refractivity contribution is -0.384. The van der Waals surface area contributed by atoms with Crippen molar-refractivity contribution in [1.29, 1.82) is 0 Å². The fraction of sp³-hybridized carbons (Fsp3) is 0.143. The molecular formula is C21H18IN3O5S. The maximum atomic E-state index is 12.4. The molecule has 1 amide bonds. The zero-order chi connectivity index (χ0) is 22.4. The summed E-state index contributed by atoms with van der Waals surface area (Å²) < 4.78 is 12.9. The van der Waals surface area contributed by atoms with Gasteiger partial charge in [-0.2, -0.15) is 5.10 Å². The van der Waals surface area contributed by atoms with Gasteiger partial charge in [0.2, 0.25) is 0 Å². The molecule has 0 aliphatic carbocycles. The largest absolute Gasteiger partial charge is 0.490 e. The van der Waals surface area contributed by atoms with Crippen LogP contribution >= 0.6 is 33.9 Å². The predicted molar refractivity (Wildman–Crippen MR) is 130 cm³/mol. The number of carbonyl (C=O) groups is 1. The molecule has 0 saturated carbocycles. The molecule has 3 aromatic rings. The van der Waals surface area contributed by atoms with Crippen molar-refractivity contribution in [3.63, 3.8) is 0 Å². The number of rotatable bonds is 9. The number of nitrogens with one attached hydrogen (secondary N) is 1. The van der Waals surface area contributed by atoms with E-state index in [2.05, 4.69) is 39.7 Å². The van der Waals surface area contributed by atoms with Crippen LogP contribution < -0.4 is 14.9 Å². The van der Waals surface area contributed by atoms with E-state index in [0.717, 1.165) is 13.8 Å². The molecule has 0 radical (unpaired) electrons. The summed E-state index contributed by atoms with van der Waals surface area (Å²) >= 11 is 3.38. The third-order valence-corrected chi connectivity index (χ3v) is 5.91. The Balaban J connectivity index is 1.75. The van der Waals surface area contributed by atoms with Crippen molar-refractivity contribution in [3.05, 3.63) is 73.2 Å². The molecule has 0 bridgehead atoms. The van der Waals surface area contributed by atoms with Gasteiger partial charge in [0.1, 0.15) is 6.61 Å². The van der Waals surface area contributed by atoms with Gasteiger partial charge in [-0.3, -0.25) is 14.9 Å². The lowest BCUT2D eigenvalue weighted by Gasteiger charge is -2.13. The minimum absolute atomic E-state index is 0.0181. The summed E-state index contributed by atoms with van der Waals surface area (Å²) in [5.41, 5.74) is 3.19. The van der Waals surface area contributed by atoms with E-state index in [1.165, 1.54) is 29.7 Å². The first kappa shape index (κ1) is 22.7. The van der Waals surface area contributed by atoms with Gasteiger partial charge in [0.25, 0.3) is 11.6 Å². The van der Waals surface area contributed by atoms with Gasteiger partial charge in [0.05, 0.1) is 26.2 Å². The molecule has 0 spiro atoms. The lowest BCUT2D eigenvalue weighted by Crippen LogP contribution is -2.16. The summed E-state index contributed by atoms with van der Waals surface area (Å²) in [6.45, 7) is 6.36. The third kappa shape index (κ3) is 5.58. The third-order valence-electron chi connectivity index (χ3n) is 3.99. The Hall–Kier alpha value is -2.99. The van der Waals surface area contributed by atoms with Crippen molar-refractivity contribution in [2.75, 3.05) is 13.2 Å². The normalized spacial score (nSPS) is 10.9. The number of non-ortho nitro benzene ring substituents is 1. The SMILES string of the molecule is C=CCOc1c(I)cc(/C=N\NC(=O)c2cc3cc([N+](=O)[O-])ccc3s2)cc1OCC. The Morgan fingerprint density at radius 1 is 1.32 bits per heavy atom. The fourth-order valence-electron chi connectivity index (χ4n) is 2.68. The van der Waals surface area contributed by atoms with E-state index in [1.807, 2.05) is 13.0 Å². The summed E-state index contributed by atoms with van der Waals surface area (Å²) in [5.74, 6) is 0.809. The molecule has 3 rings (SSSR count). The molecule has 10 heteroatoms. The average molecular weight is 551 g/mol. The van der Waals surface area contributed by atoms with Crippen LogP contribution in [0, 0.1) is 13.7 Å². The van der Waals surface area contributed by atoms with Crippen molar-refractivity contribution in [3.8, 4) is 11.5 Å². The van der Waals surface area contributed by atoms with E-state index in [0.29, 0.717) is 35.0 Å². The number of fused-ring (bicyclic) bond motifs is 1. The van der Waals surface area contributed by atoms with Crippen LogP contribution in [0.15, 0.2) is 54.2 Å². The second kappa shape index (κ2) is 10.4. The summed E-state index contributed by atoms with van der Waals surface area (Å²) in [6.07, 6.45) is 3.17. The Morgan fingerprint density at radius 3 is 2.84 bits per heavy atom. The summed E-state index contributed by atoms with van der Waals surface area (Å²) in [5, 5.41) is 15.6. The van der Waals surface area contributed by atoms with Crippen LogP contribution in [-0.2, 0) is 0 Å². The number of hydrazone groups is 1. The maximum absolute atomic E-state index is 12.4. The van der Waals surface area contributed by atoms with Gasteiger partial charge in [-0.05, 0) is 59.3 Å². The van der Waals surface area contributed by atoms with Crippen LogP contribution in [0.1, 0.15) is 22.2 Å². The summed E-state index contributed by atoms with van der Waals surface area (Å²) in [4.78, 5) is 23.3. The monoisotopic (exact) mass is 551 g/mol. The first-order chi connectivity index (χ1) is 14.9. The molecule has 0 fully saturated rings. The van der Waals surface area contributed by atoms with Crippen LogP contribution in [0.4, 0.5) is 5.69 Å². The van der Waals surface area contributed by atoms with E-state index < -0.39 is 10.8 Å². The summed E-state index contributed by atoms with van der Waals surface area (Å²) in [6, 6.07) is 9.73. The molecule has 1 aromatic heterocycles. The summed E-state index contributed by atoms with van der Waals surface area (Å²) in [7, 11) is 0. The number of hydrogen-bond acceptors (Lipinski definition) is 7. The predicted octanol–water partition coefficient (Wildman–Crippen LogP) is 5.14. The van der Waals surface area contributed by atoms with Gasteiger partial charge in [-0.15, -0.1) is 11.3 Å². The molecule has 31 heavy (non-hydrogen) atoms. The highest BCUT2D eigenvalue weighted by atomic mass is 127. The fourth-order valence-corrected chi connectivity index (χ4v) is 4.40. The van der Waals surface area contributed by atoms with E-state index in [4.69, 9.17) is 9.47 Å². The van der Waals surface area contributed by atoms with E-state index in [-0.39, 0.29) is 5.69 Å². The van der Waals surface area contributed by atoms with Crippen LogP contribution in [0.3, 0.4) is 0 Å². The van der Waals surface area contributed by atoms with Gasteiger partial charge in [0, 0.05) is 22.2 Å². The second-order valence-corrected chi connectivity index (χ2v) is 8.40. The van der Waals surface area contributed by atoms with Crippen molar-refractivity contribution >= 4 is 61.8 Å². The number of nitro groups is 1. The molecule has 2 aromatic carbocycles. The number of benzene rings is 2. The molecule has 160 valence electrons. The van der Waals surface area contributed by atoms with Crippen molar-refractivity contribution in [2.24, 2.45) is 5.10 Å².